The minimum Gasteiger partial charge on any atom is -0.407 e. The molecule has 5 nitrogen and oxygen atoms in total. The van der Waals surface area contributed by atoms with Gasteiger partial charge in [-0.15, -0.1) is 0 Å². The number of nitrogens with zero attached hydrogens (tertiary/aromatic N) is 2. The molecule has 1 N–H and O–H groups in total. The van der Waals surface area contributed by atoms with Gasteiger partial charge in [-0.05, 0) is 73.8 Å². The van der Waals surface area contributed by atoms with E-state index in [-0.39, 0.29) is 28.7 Å². The van der Waals surface area contributed by atoms with Crippen molar-refractivity contribution in [2.45, 2.75) is 103 Å². The van der Waals surface area contributed by atoms with E-state index in [0.717, 1.165) is 29.9 Å². The summed E-state index contributed by atoms with van der Waals surface area (Å²) in [6.45, 7) is 19.4. The minimum absolute atomic E-state index is 0.0431. The number of aromatic nitrogens is 2. The molecule has 0 bridgehead atoms. The fourth-order valence-corrected chi connectivity index (χ4v) is 6.36. The van der Waals surface area contributed by atoms with E-state index < -0.39 is 19.8 Å². The predicted molar refractivity (Wildman–Crippen MR) is 163 cm³/mol. The van der Waals surface area contributed by atoms with Gasteiger partial charge in [0.1, 0.15) is 5.82 Å². The Balaban J connectivity index is 1.50. The maximum absolute atomic E-state index is 15.5. The number of halogens is 2. The van der Waals surface area contributed by atoms with Gasteiger partial charge >= 0.3 is 0 Å². The number of nitrogens with one attached hydrogen (secondary N) is 1. The largest absolute Gasteiger partial charge is 0.407 e. The van der Waals surface area contributed by atoms with Crippen LogP contribution in [0.5, 0.6) is 0 Å². The third-order valence-corrected chi connectivity index (χ3v) is 13.1. The van der Waals surface area contributed by atoms with E-state index in [1.807, 2.05) is 47.1 Å². The zero-order valence-corrected chi connectivity index (χ0v) is 27.0. The lowest BCUT2D eigenvalue weighted by molar-refractivity contribution is -0.122. The Morgan fingerprint density at radius 2 is 1.80 bits per heavy atom. The number of carbonyl (C=O) groups is 1. The summed E-state index contributed by atoms with van der Waals surface area (Å²) in [4.78, 5) is 13.2. The Morgan fingerprint density at radius 1 is 1.12 bits per heavy atom. The first-order valence-corrected chi connectivity index (χ1v) is 17.4. The first kappa shape index (κ1) is 30.5. The number of carbonyl (C=O) groups excluding carboxylic acids is 1. The van der Waals surface area contributed by atoms with Gasteiger partial charge in [0.15, 0.2) is 8.32 Å². The molecule has 1 saturated carbocycles. The normalized spacial score (nSPS) is 16.1. The maximum atomic E-state index is 15.5. The van der Waals surface area contributed by atoms with Gasteiger partial charge in [0.2, 0.25) is 5.91 Å². The van der Waals surface area contributed by atoms with Gasteiger partial charge < -0.3 is 9.74 Å². The van der Waals surface area contributed by atoms with E-state index in [2.05, 4.69) is 60.0 Å². The molecule has 1 aliphatic rings. The van der Waals surface area contributed by atoms with Gasteiger partial charge in [-0.2, -0.15) is 5.10 Å². The van der Waals surface area contributed by atoms with Gasteiger partial charge in [-0.3, -0.25) is 4.79 Å². The van der Waals surface area contributed by atoms with Crippen molar-refractivity contribution in [2.75, 3.05) is 0 Å². The molecule has 1 fully saturated rings. The van der Waals surface area contributed by atoms with Gasteiger partial charge in [-0.1, -0.05) is 71.3 Å². The van der Waals surface area contributed by atoms with Crippen LogP contribution in [0.25, 0.3) is 5.69 Å². The lowest BCUT2D eigenvalue weighted by atomic mass is 9.92. The molecule has 1 aliphatic carbocycles. The maximum Gasteiger partial charge on any atom is 0.227 e. The molecule has 1 atom stereocenters. The van der Waals surface area contributed by atoms with Crippen LogP contribution in [0.15, 0.2) is 48.5 Å². The highest BCUT2D eigenvalue weighted by molar-refractivity contribution is 6.74. The van der Waals surface area contributed by atoms with E-state index in [4.69, 9.17) is 21.1 Å². The average Bonchev–Trinajstić information content (AvgIpc) is 3.46. The van der Waals surface area contributed by atoms with Gasteiger partial charge in [0, 0.05) is 16.0 Å². The molecular formula is C32H43ClFN3O2Si. The number of rotatable bonds is 8. The van der Waals surface area contributed by atoms with E-state index in [1.165, 1.54) is 6.07 Å². The number of benzene rings is 2. The first-order chi connectivity index (χ1) is 18.4. The van der Waals surface area contributed by atoms with Crippen LogP contribution < -0.4 is 5.32 Å². The van der Waals surface area contributed by atoms with Crippen LogP contribution >= 0.6 is 11.6 Å². The molecule has 4 rings (SSSR count). The quantitative estimate of drug-likeness (QED) is 0.271. The fraction of sp³-hybridized carbons (Fsp3) is 0.500. The lowest BCUT2D eigenvalue weighted by Crippen LogP contribution is -2.44. The summed E-state index contributed by atoms with van der Waals surface area (Å²) in [7, 11) is -2.07. The molecule has 0 radical (unpaired) electrons. The Morgan fingerprint density at radius 3 is 2.35 bits per heavy atom. The Hall–Kier alpha value is -2.48. The first-order valence-electron chi connectivity index (χ1n) is 14.1. The molecule has 216 valence electrons. The van der Waals surface area contributed by atoms with Crippen LogP contribution in [0, 0.1) is 5.82 Å². The molecule has 0 saturated heterocycles. The summed E-state index contributed by atoms with van der Waals surface area (Å²) >= 11 is 6.24. The molecule has 1 amide bonds. The molecular weight excluding hydrogens is 541 g/mol. The number of amides is 1. The van der Waals surface area contributed by atoms with Crippen LogP contribution in [0.1, 0.15) is 89.7 Å². The van der Waals surface area contributed by atoms with Crippen molar-refractivity contribution >= 4 is 25.8 Å². The Labute approximate surface area is 244 Å². The summed E-state index contributed by atoms with van der Waals surface area (Å²) in [5.41, 5.74) is 3.12. The smallest absolute Gasteiger partial charge is 0.227 e. The summed E-state index contributed by atoms with van der Waals surface area (Å²) in [5.74, 6) is -1.01. The zero-order valence-electron chi connectivity index (χ0n) is 25.3. The molecule has 1 unspecified atom stereocenters. The average molecular weight is 584 g/mol. The number of hydrogen-bond donors (Lipinski definition) is 1. The van der Waals surface area contributed by atoms with Crippen LogP contribution in [0.3, 0.4) is 0 Å². The zero-order chi connectivity index (χ0) is 29.7. The molecule has 0 aliphatic heterocycles. The highest BCUT2D eigenvalue weighted by Crippen LogP contribution is 2.54. The summed E-state index contributed by atoms with van der Waals surface area (Å²) in [5, 5.41) is 8.51. The lowest BCUT2D eigenvalue weighted by Gasteiger charge is -2.40. The monoisotopic (exact) mass is 583 g/mol. The van der Waals surface area contributed by atoms with Crippen LogP contribution in [0.2, 0.25) is 23.2 Å². The van der Waals surface area contributed by atoms with Crippen molar-refractivity contribution < 1.29 is 13.6 Å². The van der Waals surface area contributed by atoms with Crippen molar-refractivity contribution in [3.05, 3.63) is 81.9 Å². The van der Waals surface area contributed by atoms with E-state index in [9.17, 15) is 4.79 Å². The van der Waals surface area contributed by atoms with Crippen molar-refractivity contribution in [1.82, 2.24) is 15.1 Å². The summed E-state index contributed by atoms with van der Waals surface area (Å²) < 4.78 is 24.0. The highest BCUT2D eigenvalue weighted by atomic mass is 35.5. The second-order valence-corrected chi connectivity index (χ2v) is 18.9. The topological polar surface area (TPSA) is 56.2 Å². The second-order valence-electron chi connectivity index (χ2n) is 13.7. The van der Waals surface area contributed by atoms with Gasteiger partial charge in [0.25, 0.3) is 0 Å². The summed E-state index contributed by atoms with van der Waals surface area (Å²) in [6, 6.07) is 14.7. The van der Waals surface area contributed by atoms with Crippen molar-refractivity contribution in [1.29, 1.82) is 0 Å². The molecule has 2 aromatic carbocycles. The second kappa shape index (κ2) is 10.7. The third-order valence-electron chi connectivity index (χ3n) is 8.39. The standard InChI is InChI=1S/C32H43ClFN3O2Si/c1-21(22-13-14-26(27(34)17-22)32(15-16-32)39-40(8,9)31(5,6)7)29(38)35-20-25-19-28(30(2,3)4)36-37(25)24-12-10-11-23(33)18-24/h10-14,17-19,21H,15-16,20H2,1-9H3,(H,35,38). The Bertz CT molecular complexity index is 1400. The fourth-order valence-electron chi connectivity index (χ4n) is 4.58. The van der Waals surface area contributed by atoms with Crippen molar-refractivity contribution in [3.8, 4) is 5.69 Å². The van der Waals surface area contributed by atoms with Crippen LogP contribution in [-0.2, 0) is 26.8 Å². The van der Waals surface area contributed by atoms with Gasteiger partial charge in [0.05, 0.1) is 35.1 Å². The molecule has 8 heteroatoms. The SMILES string of the molecule is CC(C(=O)NCc1cc(C(C)(C)C)nn1-c1cccc(Cl)c1)c1ccc(C2(O[Si](C)(C)C(C)(C)C)CC2)c(F)c1. The van der Waals surface area contributed by atoms with Gasteiger partial charge in [-0.25, -0.2) is 9.07 Å². The van der Waals surface area contributed by atoms with Crippen molar-refractivity contribution in [3.63, 3.8) is 0 Å². The molecule has 0 spiro atoms. The van der Waals surface area contributed by atoms with Crippen LogP contribution in [0.4, 0.5) is 4.39 Å². The molecule has 1 heterocycles. The highest BCUT2D eigenvalue weighted by Gasteiger charge is 2.53. The number of hydrogen-bond acceptors (Lipinski definition) is 3. The van der Waals surface area contributed by atoms with E-state index in [1.54, 1.807) is 6.92 Å². The van der Waals surface area contributed by atoms with E-state index >= 15 is 4.39 Å². The predicted octanol–water partition coefficient (Wildman–Crippen LogP) is 8.39. The summed E-state index contributed by atoms with van der Waals surface area (Å²) in [6.07, 6.45) is 1.64. The molecule has 40 heavy (non-hydrogen) atoms. The third kappa shape index (κ3) is 6.37. The Kier molecular flexibility index (Phi) is 8.18. The van der Waals surface area contributed by atoms with Crippen LogP contribution in [-0.4, -0.2) is 24.0 Å². The molecule has 1 aromatic heterocycles. The minimum atomic E-state index is -2.07. The van der Waals surface area contributed by atoms with E-state index in [0.29, 0.717) is 16.1 Å². The molecule has 3 aromatic rings. The van der Waals surface area contributed by atoms with Crippen molar-refractivity contribution in [2.24, 2.45) is 0 Å².